The van der Waals surface area contributed by atoms with E-state index in [0.29, 0.717) is 16.8 Å². The zero-order valence-electron chi connectivity index (χ0n) is 18.7. The lowest BCUT2D eigenvalue weighted by molar-refractivity contribution is 0.399. The normalized spacial score (nSPS) is 12.5. The molecule has 0 saturated carbocycles. The van der Waals surface area contributed by atoms with Crippen LogP contribution in [0.5, 0.6) is 11.5 Å². The van der Waals surface area contributed by atoms with Crippen LogP contribution in [0.4, 0.5) is 0 Å². The van der Waals surface area contributed by atoms with Crippen LogP contribution in [0.25, 0.3) is 0 Å². The zero-order chi connectivity index (χ0) is 22.0. The molecular weight excluding hydrogens is 391 g/mol. The molecule has 0 fully saturated rings. The van der Waals surface area contributed by atoms with Gasteiger partial charge in [-0.2, -0.15) is 0 Å². The van der Waals surface area contributed by atoms with E-state index in [1.807, 2.05) is 66.7 Å². The molecule has 0 aromatic heterocycles. The summed E-state index contributed by atoms with van der Waals surface area (Å²) in [4.78, 5) is 0. The summed E-state index contributed by atoms with van der Waals surface area (Å²) < 4.78 is 25.9. The molecule has 3 aromatic carbocycles. The molecule has 0 saturated heterocycles. The highest BCUT2D eigenvalue weighted by Crippen LogP contribution is 2.48. The molecule has 3 aromatic rings. The minimum absolute atomic E-state index is 0.0347. The van der Waals surface area contributed by atoms with E-state index >= 15 is 0 Å². The lowest BCUT2D eigenvalue weighted by Crippen LogP contribution is -2.15. The molecule has 0 radical (unpaired) electrons. The van der Waals surface area contributed by atoms with Crippen LogP contribution in [0, 0.1) is 0 Å². The van der Waals surface area contributed by atoms with Crippen molar-refractivity contribution < 1.29 is 13.6 Å². The fourth-order valence-electron chi connectivity index (χ4n) is 3.04. The van der Waals surface area contributed by atoms with Crippen LogP contribution < -0.4 is 14.4 Å². The van der Waals surface area contributed by atoms with Gasteiger partial charge in [-0.1, -0.05) is 84.0 Å². The van der Waals surface area contributed by atoms with Gasteiger partial charge >= 0.3 is 7.60 Å². The van der Waals surface area contributed by atoms with Crippen LogP contribution in [0.3, 0.4) is 0 Å². The Morgan fingerprint density at radius 3 is 1.27 bits per heavy atom. The summed E-state index contributed by atoms with van der Waals surface area (Å²) in [5.74, 6) is 1.03. The fourth-order valence-corrected chi connectivity index (χ4v) is 4.63. The topological polar surface area (TPSA) is 35.5 Å². The predicted octanol–water partition coefficient (Wildman–Crippen LogP) is 7.26. The minimum Gasteiger partial charge on any atom is -0.413 e. The quantitative estimate of drug-likeness (QED) is 0.406. The zero-order valence-corrected chi connectivity index (χ0v) is 19.6. The summed E-state index contributed by atoms with van der Waals surface area (Å²) in [6.45, 7) is 12.9. The first-order valence-electron chi connectivity index (χ1n) is 10.2. The fraction of sp³-hybridized carbons (Fsp3) is 0.308. The van der Waals surface area contributed by atoms with E-state index in [1.165, 1.54) is 11.1 Å². The Kier molecular flexibility index (Phi) is 6.15. The molecule has 3 nitrogen and oxygen atoms in total. The average molecular weight is 423 g/mol. The number of rotatable bonds is 5. The van der Waals surface area contributed by atoms with Crippen LogP contribution in [0.2, 0.25) is 0 Å². The molecule has 30 heavy (non-hydrogen) atoms. The Morgan fingerprint density at radius 1 is 0.567 bits per heavy atom. The van der Waals surface area contributed by atoms with Crippen molar-refractivity contribution >= 4 is 12.9 Å². The van der Waals surface area contributed by atoms with Gasteiger partial charge in [0.25, 0.3) is 0 Å². The highest BCUT2D eigenvalue weighted by molar-refractivity contribution is 7.63. The van der Waals surface area contributed by atoms with Gasteiger partial charge in [-0.15, -0.1) is 0 Å². The molecule has 0 atom stereocenters. The highest BCUT2D eigenvalue weighted by atomic mass is 31.2. The van der Waals surface area contributed by atoms with Gasteiger partial charge in [-0.05, 0) is 58.4 Å². The van der Waals surface area contributed by atoms with Crippen LogP contribution in [0.1, 0.15) is 52.7 Å². The Hall–Kier alpha value is -2.51. The number of hydrogen-bond acceptors (Lipinski definition) is 3. The Balaban J connectivity index is 1.91. The summed E-state index contributed by atoms with van der Waals surface area (Å²) in [6.07, 6.45) is 0. The monoisotopic (exact) mass is 422 g/mol. The van der Waals surface area contributed by atoms with Crippen molar-refractivity contribution in [3.63, 3.8) is 0 Å². The van der Waals surface area contributed by atoms with Crippen molar-refractivity contribution in [3.8, 4) is 11.5 Å². The largest absolute Gasteiger partial charge is 0.462 e. The number of hydrogen-bond donors (Lipinski definition) is 0. The molecule has 0 bridgehead atoms. The standard InChI is InChI=1S/C26H31O3P/c1-25(2,3)20-12-16-22(17-13-20)28-30(27,24-10-8-7-9-11-24)29-23-18-14-21(15-19-23)26(4,5)6/h7-19H,1-6H3. The second-order valence-electron chi connectivity index (χ2n) is 9.56. The number of benzene rings is 3. The molecule has 0 aliphatic rings. The van der Waals surface area contributed by atoms with Gasteiger partial charge in [0.15, 0.2) is 0 Å². The van der Waals surface area contributed by atoms with E-state index in [1.54, 1.807) is 12.1 Å². The molecule has 3 rings (SSSR count). The van der Waals surface area contributed by atoms with Crippen molar-refractivity contribution in [2.45, 2.75) is 52.4 Å². The van der Waals surface area contributed by atoms with Crippen LogP contribution >= 0.6 is 7.60 Å². The molecule has 158 valence electrons. The van der Waals surface area contributed by atoms with Crippen molar-refractivity contribution in [1.29, 1.82) is 0 Å². The highest BCUT2D eigenvalue weighted by Gasteiger charge is 2.31. The smallest absolute Gasteiger partial charge is 0.413 e. The van der Waals surface area contributed by atoms with E-state index in [9.17, 15) is 4.57 Å². The van der Waals surface area contributed by atoms with Gasteiger partial charge in [0, 0.05) is 0 Å². The second kappa shape index (κ2) is 8.32. The SMILES string of the molecule is CC(C)(C)c1ccc(OP(=O)(Oc2ccc(C(C)(C)C)cc2)c2ccccc2)cc1. The lowest BCUT2D eigenvalue weighted by Gasteiger charge is -2.23. The van der Waals surface area contributed by atoms with Crippen molar-refractivity contribution in [1.82, 2.24) is 0 Å². The summed E-state index contributed by atoms with van der Waals surface area (Å²) in [5, 5.41) is 0.518. The third-order valence-corrected chi connectivity index (χ3v) is 6.80. The maximum atomic E-state index is 13.9. The van der Waals surface area contributed by atoms with E-state index in [-0.39, 0.29) is 10.8 Å². The van der Waals surface area contributed by atoms with E-state index in [2.05, 4.69) is 41.5 Å². The molecule has 0 N–H and O–H groups in total. The predicted molar refractivity (Wildman–Crippen MR) is 125 cm³/mol. The first-order chi connectivity index (χ1) is 14.0. The summed E-state index contributed by atoms with van der Waals surface area (Å²) >= 11 is 0. The van der Waals surface area contributed by atoms with E-state index in [0.717, 1.165) is 0 Å². The molecule has 0 unspecified atom stereocenters. The molecular formula is C26H31O3P. The van der Waals surface area contributed by atoms with Crippen LogP contribution in [-0.2, 0) is 15.4 Å². The van der Waals surface area contributed by atoms with Crippen LogP contribution in [-0.4, -0.2) is 0 Å². The molecule has 0 aliphatic carbocycles. The Bertz CT molecular complexity index is 946. The van der Waals surface area contributed by atoms with Gasteiger partial charge in [-0.25, -0.2) is 4.57 Å². The summed E-state index contributed by atoms with van der Waals surface area (Å²) in [7, 11) is -3.63. The van der Waals surface area contributed by atoms with Gasteiger partial charge < -0.3 is 9.05 Å². The second-order valence-corrected chi connectivity index (χ2v) is 11.4. The van der Waals surface area contributed by atoms with Crippen molar-refractivity contribution in [2.75, 3.05) is 0 Å². The summed E-state index contributed by atoms with van der Waals surface area (Å²) in [5.41, 5.74) is 2.44. The van der Waals surface area contributed by atoms with Gasteiger partial charge in [0.05, 0.1) is 5.30 Å². The molecule has 0 aliphatic heterocycles. The van der Waals surface area contributed by atoms with Crippen molar-refractivity contribution in [2.24, 2.45) is 0 Å². The van der Waals surface area contributed by atoms with E-state index in [4.69, 9.17) is 9.05 Å². The first-order valence-corrected chi connectivity index (χ1v) is 11.8. The lowest BCUT2D eigenvalue weighted by atomic mass is 9.87. The van der Waals surface area contributed by atoms with Crippen LogP contribution in [0.15, 0.2) is 78.9 Å². The molecule has 4 heteroatoms. The maximum Gasteiger partial charge on any atom is 0.462 e. The van der Waals surface area contributed by atoms with Gasteiger partial charge in [-0.3, -0.25) is 0 Å². The van der Waals surface area contributed by atoms with Gasteiger partial charge in [0.1, 0.15) is 11.5 Å². The molecule has 0 spiro atoms. The molecule has 0 amide bonds. The third kappa shape index (κ3) is 5.34. The third-order valence-electron chi connectivity index (χ3n) is 4.96. The Labute approximate surface area is 180 Å². The Morgan fingerprint density at radius 2 is 0.933 bits per heavy atom. The average Bonchev–Trinajstić information content (AvgIpc) is 2.68. The molecule has 0 heterocycles. The van der Waals surface area contributed by atoms with Crippen molar-refractivity contribution in [3.05, 3.63) is 90.0 Å². The van der Waals surface area contributed by atoms with Gasteiger partial charge in [0.2, 0.25) is 0 Å². The van der Waals surface area contributed by atoms with E-state index < -0.39 is 7.60 Å². The first kappa shape index (κ1) is 22.2. The summed E-state index contributed by atoms with van der Waals surface area (Å²) in [6, 6.07) is 24.5. The maximum absolute atomic E-state index is 13.9. The minimum atomic E-state index is -3.63.